The summed E-state index contributed by atoms with van der Waals surface area (Å²) in [4.78, 5) is 21.6. The molecule has 1 amide bonds. The average Bonchev–Trinajstić information content (AvgIpc) is 3.36. The standard InChI is InChI=1S/C28H30F2N4O3S2/c1-4-32(5-2)16-17-33(28-31-26-24(30)18-21(29)19-25(26)38-28)27(35)20-12-14-23(15-13-20)39(36,37)34(6-3)22-10-8-7-9-11-22/h7-15,18-19H,4-6,16-17H2,1-3H3. The molecule has 7 nitrogen and oxygen atoms in total. The molecule has 0 N–H and O–H groups in total. The number of carbonyl (C=O) groups is 1. The maximum Gasteiger partial charge on any atom is 0.264 e. The SMILES string of the molecule is CCN(CC)CCN(C(=O)c1ccc(S(=O)(=O)N(CC)c2ccccc2)cc1)c1nc2c(F)cc(F)cc2s1. The van der Waals surface area contributed by atoms with Gasteiger partial charge in [0.15, 0.2) is 10.9 Å². The molecule has 206 valence electrons. The zero-order valence-electron chi connectivity index (χ0n) is 22.0. The van der Waals surface area contributed by atoms with Crippen LogP contribution < -0.4 is 9.21 Å². The number of rotatable bonds is 11. The van der Waals surface area contributed by atoms with E-state index in [1.807, 2.05) is 19.9 Å². The van der Waals surface area contributed by atoms with Gasteiger partial charge < -0.3 is 4.90 Å². The Labute approximate surface area is 231 Å². The van der Waals surface area contributed by atoms with Crippen LogP contribution in [0.15, 0.2) is 71.6 Å². The molecule has 0 aliphatic rings. The van der Waals surface area contributed by atoms with Crippen LogP contribution in [0.2, 0.25) is 0 Å². The lowest BCUT2D eigenvalue weighted by atomic mass is 10.2. The summed E-state index contributed by atoms with van der Waals surface area (Å²) in [6, 6.07) is 16.5. The fourth-order valence-electron chi connectivity index (χ4n) is 4.26. The third-order valence-corrected chi connectivity index (χ3v) is 9.38. The first-order valence-corrected chi connectivity index (χ1v) is 14.9. The predicted molar refractivity (Wildman–Crippen MR) is 152 cm³/mol. The van der Waals surface area contributed by atoms with Gasteiger partial charge in [0, 0.05) is 31.3 Å². The highest BCUT2D eigenvalue weighted by Gasteiger charge is 2.26. The van der Waals surface area contributed by atoms with E-state index in [2.05, 4.69) is 9.88 Å². The Kier molecular flexibility index (Phi) is 8.94. The van der Waals surface area contributed by atoms with E-state index in [1.165, 1.54) is 39.5 Å². The minimum Gasteiger partial charge on any atom is -0.302 e. The molecule has 0 aliphatic carbocycles. The number of thiazole rings is 1. The van der Waals surface area contributed by atoms with Crippen molar-refractivity contribution >= 4 is 48.3 Å². The van der Waals surface area contributed by atoms with Crippen molar-refractivity contribution in [2.24, 2.45) is 0 Å². The van der Waals surface area contributed by atoms with Gasteiger partial charge in [-0.2, -0.15) is 0 Å². The molecule has 0 radical (unpaired) electrons. The van der Waals surface area contributed by atoms with Crippen molar-refractivity contribution in [3.05, 3.63) is 83.9 Å². The Balaban J connectivity index is 1.66. The number of anilines is 2. The van der Waals surface area contributed by atoms with Crippen molar-refractivity contribution in [3.63, 3.8) is 0 Å². The van der Waals surface area contributed by atoms with Crippen molar-refractivity contribution in [1.29, 1.82) is 0 Å². The fourth-order valence-corrected chi connectivity index (χ4v) is 6.77. The molecule has 1 aromatic heterocycles. The van der Waals surface area contributed by atoms with Gasteiger partial charge in [0.05, 0.1) is 15.3 Å². The lowest BCUT2D eigenvalue weighted by Gasteiger charge is -2.25. The molecule has 39 heavy (non-hydrogen) atoms. The van der Waals surface area contributed by atoms with E-state index in [4.69, 9.17) is 0 Å². The van der Waals surface area contributed by atoms with Crippen LogP contribution in [-0.4, -0.2) is 56.9 Å². The molecule has 11 heteroatoms. The molecule has 0 aliphatic heterocycles. The smallest absolute Gasteiger partial charge is 0.264 e. The first-order chi connectivity index (χ1) is 18.7. The lowest BCUT2D eigenvalue weighted by molar-refractivity contribution is 0.0983. The summed E-state index contributed by atoms with van der Waals surface area (Å²) in [5.74, 6) is -1.93. The number of hydrogen-bond donors (Lipinski definition) is 0. The van der Waals surface area contributed by atoms with Gasteiger partial charge in [0.2, 0.25) is 0 Å². The summed E-state index contributed by atoms with van der Waals surface area (Å²) in [5.41, 5.74) is 0.795. The number of sulfonamides is 1. The third kappa shape index (κ3) is 6.10. The van der Waals surface area contributed by atoms with Crippen LogP contribution >= 0.6 is 11.3 Å². The van der Waals surface area contributed by atoms with E-state index in [9.17, 15) is 22.0 Å². The molecular formula is C28H30F2N4O3S2. The number of halogens is 2. The zero-order chi connectivity index (χ0) is 28.2. The van der Waals surface area contributed by atoms with E-state index in [0.29, 0.717) is 16.9 Å². The van der Waals surface area contributed by atoms with E-state index >= 15 is 0 Å². The monoisotopic (exact) mass is 572 g/mol. The van der Waals surface area contributed by atoms with Crippen molar-refractivity contribution < 1.29 is 22.0 Å². The van der Waals surface area contributed by atoms with E-state index in [0.717, 1.165) is 30.5 Å². The largest absolute Gasteiger partial charge is 0.302 e. The molecule has 0 saturated carbocycles. The number of hydrogen-bond acceptors (Lipinski definition) is 6. The predicted octanol–water partition coefficient (Wildman–Crippen LogP) is 5.78. The number of para-hydroxylation sites is 1. The number of amides is 1. The van der Waals surface area contributed by atoms with E-state index in [-0.39, 0.29) is 34.2 Å². The van der Waals surface area contributed by atoms with Crippen LogP contribution in [0.25, 0.3) is 10.2 Å². The van der Waals surface area contributed by atoms with E-state index in [1.54, 1.807) is 31.2 Å². The molecule has 0 fully saturated rings. The number of carbonyl (C=O) groups excluding carboxylic acids is 1. The second kappa shape index (κ2) is 12.2. The summed E-state index contributed by atoms with van der Waals surface area (Å²) < 4.78 is 56.5. The number of nitrogens with zero attached hydrogens (tertiary/aromatic N) is 4. The van der Waals surface area contributed by atoms with Crippen LogP contribution in [0.3, 0.4) is 0 Å². The van der Waals surface area contributed by atoms with Crippen molar-refractivity contribution in [3.8, 4) is 0 Å². The van der Waals surface area contributed by atoms with Gasteiger partial charge in [-0.3, -0.25) is 14.0 Å². The van der Waals surface area contributed by atoms with Gasteiger partial charge in [0.1, 0.15) is 11.3 Å². The average molecular weight is 573 g/mol. The lowest BCUT2D eigenvalue weighted by Crippen LogP contribution is -2.39. The summed E-state index contributed by atoms with van der Waals surface area (Å²) >= 11 is 1.03. The van der Waals surface area contributed by atoms with Gasteiger partial charge in [-0.05, 0) is 62.5 Å². The number of likely N-dealkylation sites (N-methyl/N-ethyl adjacent to an activating group) is 1. The molecule has 4 aromatic rings. The van der Waals surface area contributed by atoms with E-state index < -0.39 is 27.6 Å². The second-order valence-corrected chi connectivity index (χ2v) is 11.6. The molecule has 4 rings (SSSR count). The highest BCUT2D eigenvalue weighted by Crippen LogP contribution is 2.32. The second-order valence-electron chi connectivity index (χ2n) is 8.74. The summed E-state index contributed by atoms with van der Waals surface area (Å²) in [6.45, 7) is 8.38. The normalized spacial score (nSPS) is 11.7. The minimum absolute atomic E-state index is 0.000880. The highest BCUT2D eigenvalue weighted by atomic mass is 32.2. The molecule has 1 heterocycles. The summed E-state index contributed by atoms with van der Waals surface area (Å²) in [5, 5.41) is 0.240. The molecule has 0 unspecified atom stereocenters. The maximum absolute atomic E-state index is 14.4. The summed E-state index contributed by atoms with van der Waals surface area (Å²) in [6.07, 6.45) is 0. The number of fused-ring (bicyclic) bond motifs is 1. The van der Waals surface area contributed by atoms with Crippen LogP contribution in [0, 0.1) is 11.6 Å². The Hall–Kier alpha value is -3.41. The Bertz CT molecular complexity index is 1540. The van der Waals surface area contributed by atoms with Crippen LogP contribution in [0.4, 0.5) is 19.6 Å². The molecular weight excluding hydrogens is 542 g/mol. The van der Waals surface area contributed by atoms with Gasteiger partial charge in [-0.1, -0.05) is 43.4 Å². The molecule has 0 bridgehead atoms. The Morgan fingerprint density at radius 1 is 0.897 bits per heavy atom. The van der Waals surface area contributed by atoms with Crippen molar-refractivity contribution in [1.82, 2.24) is 9.88 Å². The number of benzene rings is 3. The highest BCUT2D eigenvalue weighted by molar-refractivity contribution is 7.92. The van der Waals surface area contributed by atoms with Crippen LogP contribution in [-0.2, 0) is 10.0 Å². The Morgan fingerprint density at radius 3 is 2.18 bits per heavy atom. The maximum atomic E-state index is 14.4. The minimum atomic E-state index is -3.86. The molecule has 3 aromatic carbocycles. The molecule has 0 saturated heterocycles. The van der Waals surface area contributed by atoms with Gasteiger partial charge in [-0.15, -0.1) is 0 Å². The first-order valence-electron chi connectivity index (χ1n) is 12.7. The van der Waals surface area contributed by atoms with Crippen LogP contribution in [0.1, 0.15) is 31.1 Å². The van der Waals surface area contributed by atoms with Crippen molar-refractivity contribution in [2.75, 3.05) is 41.9 Å². The van der Waals surface area contributed by atoms with Crippen molar-refractivity contribution in [2.45, 2.75) is 25.7 Å². The topological polar surface area (TPSA) is 73.8 Å². The third-order valence-electron chi connectivity index (χ3n) is 6.43. The first kappa shape index (κ1) is 28.6. The Morgan fingerprint density at radius 2 is 1.56 bits per heavy atom. The van der Waals surface area contributed by atoms with Gasteiger partial charge >= 0.3 is 0 Å². The zero-order valence-corrected chi connectivity index (χ0v) is 23.6. The number of aromatic nitrogens is 1. The van der Waals surface area contributed by atoms with Gasteiger partial charge in [-0.25, -0.2) is 22.2 Å². The van der Waals surface area contributed by atoms with Gasteiger partial charge in [0.25, 0.3) is 15.9 Å². The molecule has 0 spiro atoms. The molecule has 0 atom stereocenters. The quantitative estimate of drug-likeness (QED) is 0.228. The fraction of sp³-hybridized carbons (Fsp3) is 0.286. The van der Waals surface area contributed by atoms with Crippen LogP contribution in [0.5, 0.6) is 0 Å². The summed E-state index contributed by atoms with van der Waals surface area (Å²) in [7, 11) is -3.86.